The fourth-order valence-electron chi connectivity index (χ4n) is 3.64. The SMILES string of the molecule is O=C(c1ccc2c3c(cccc13)CC2)C1CCOCC1. The lowest BCUT2D eigenvalue weighted by Crippen LogP contribution is -2.23. The molecule has 102 valence electrons. The molecule has 1 aliphatic carbocycles. The van der Waals surface area contributed by atoms with Gasteiger partial charge in [-0.2, -0.15) is 0 Å². The van der Waals surface area contributed by atoms with Crippen LogP contribution in [0, 0.1) is 5.92 Å². The van der Waals surface area contributed by atoms with Gasteiger partial charge in [0, 0.05) is 24.7 Å². The molecule has 2 aliphatic rings. The van der Waals surface area contributed by atoms with Crippen molar-refractivity contribution in [3.63, 3.8) is 0 Å². The van der Waals surface area contributed by atoms with Crippen molar-refractivity contribution in [3.8, 4) is 0 Å². The standard InChI is InChI=1S/C18H18O2/c19-18(14-8-10-20-11-9-14)16-7-6-13-5-4-12-2-1-3-15(16)17(12)13/h1-3,6-7,14H,4-5,8-11H2. The third-order valence-electron chi connectivity index (χ3n) is 4.73. The molecule has 1 saturated heterocycles. The van der Waals surface area contributed by atoms with Crippen LogP contribution in [0.2, 0.25) is 0 Å². The maximum absolute atomic E-state index is 12.8. The summed E-state index contributed by atoms with van der Waals surface area (Å²) in [4.78, 5) is 12.8. The molecule has 2 heteroatoms. The zero-order chi connectivity index (χ0) is 13.5. The molecule has 0 atom stereocenters. The molecule has 0 unspecified atom stereocenters. The zero-order valence-electron chi connectivity index (χ0n) is 11.5. The van der Waals surface area contributed by atoms with E-state index >= 15 is 0 Å². The molecule has 1 aliphatic heterocycles. The minimum Gasteiger partial charge on any atom is -0.381 e. The summed E-state index contributed by atoms with van der Waals surface area (Å²) in [7, 11) is 0. The molecule has 2 aromatic rings. The number of ketones is 1. The highest BCUT2D eigenvalue weighted by Crippen LogP contribution is 2.34. The van der Waals surface area contributed by atoms with Crippen molar-refractivity contribution in [2.45, 2.75) is 25.7 Å². The van der Waals surface area contributed by atoms with Crippen LogP contribution in [0.25, 0.3) is 10.8 Å². The van der Waals surface area contributed by atoms with Gasteiger partial charge in [-0.15, -0.1) is 0 Å². The van der Waals surface area contributed by atoms with Crippen LogP contribution in [0.15, 0.2) is 30.3 Å². The third-order valence-corrected chi connectivity index (χ3v) is 4.73. The van der Waals surface area contributed by atoms with Crippen molar-refractivity contribution in [1.29, 1.82) is 0 Å². The van der Waals surface area contributed by atoms with Gasteiger partial charge in [-0.1, -0.05) is 30.3 Å². The van der Waals surface area contributed by atoms with Gasteiger partial charge in [-0.3, -0.25) is 4.79 Å². The third kappa shape index (κ3) is 1.79. The number of benzene rings is 2. The van der Waals surface area contributed by atoms with E-state index in [-0.39, 0.29) is 5.92 Å². The molecule has 0 N–H and O–H groups in total. The Morgan fingerprint density at radius 2 is 1.75 bits per heavy atom. The van der Waals surface area contributed by atoms with Crippen molar-refractivity contribution < 1.29 is 9.53 Å². The Labute approximate surface area is 118 Å². The summed E-state index contributed by atoms with van der Waals surface area (Å²) in [5, 5.41) is 2.50. The zero-order valence-corrected chi connectivity index (χ0v) is 11.5. The van der Waals surface area contributed by atoms with Crippen molar-refractivity contribution in [2.75, 3.05) is 13.2 Å². The molecule has 2 aromatic carbocycles. The van der Waals surface area contributed by atoms with Gasteiger partial charge in [0.2, 0.25) is 0 Å². The fourth-order valence-corrected chi connectivity index (χ4v) is 3.64. The summed E-state index contributed by atoms with van der Waals surface area (Å²) >= 11 is 0. The first-order valence-electron chi connectivity index (χ1n) is 7.50. The van der Waals surface area contributed by atoms with Gasteiger partial charge in [0.15, 0.2) is 5.78 Å². The summed E-state index contributed by atoms with van der Waals surface area (Å²) in [6.45, 7) is 1.44. The second-order valence-electron chi connectivity index (χ2n) is 5.86. The first-order valence-corrected chi connectivity index (χ1v) is 7.50. The number of ether oxygens (including phenoxy) is 1. The predicted molar refractivity (Wildman–Crippen MR) is 79.2 cm³/mol. The lowest BCUT2D eigenvalue weighted by molar-refractivity contribution is 0.0546. The molecule has 0 saturated carbocycles. The van der Waals surface area contributed by atoms with E-state index in [2.05, 4.69) is 24.3 Å². The van der Waals surface area contributed by atoms with E-state index in [4.69, 9.17) is 4.74 Å². The van der Waals surface area contributed by atoms with E-state index in [9.17, 15) is 4.79 Å². The molecule has 0 bridgehead atoms. The molecule has 2 nitrogen and oxygen atoms in total. The topological polar surface area (TPSA) is 26.3 Å². The van der Waals surface area contributed by atoms with Gasteiger partial charge in [0.05, 0.1) is 0 Å². The Kier molecular flexibility index (Phi) is 2.85. The quantitative estimate of drug-likeness (QED) is 0.777. The molecule has 0 aromatic heterocycles. The van der Waals surface area contributed by atoms with Gasteiger partial charge in [-0.25, -0.2) is 0 Å². The summed E-state index contributed by atoms with van der Waals surface area (Å²) in [5.74, 6) is 0.450. The number of hydrogen-bond acceptors (Lipinski definition) is 2. The van der Waals surface area contributed by atoms with E-state index in [0.29, 0.717) is 5.78 Å². The second kappa shape index (κ2) is 4.71. The normalized spacial score (nSPS) is 18.6. The molecular formula is C18H18O2. The maximum Gasteiger partial charge on any atom is 0.166 e. The van der Waals surface area contributed by atoms with Crippen LogP contribution < -0.4 is 0 Å². The molecular weight excluding hydrogens is 248 g/mol. The van der Waals surface area contributed by atoms with Crippen LogP contribution in [0.5, 0.6) is 0 Å². The summed E-state index contributed by atoms with van der Waals surface area (Å²) in [5.41, 5.74) is 3.72. The summed E-state index contributed by atoms with van der Waals surface area (Å²) in [6, 6.07) is 10.6. The Morgan fingerprint density at radius 3 is 2.55 bits per heavy atom. The Hall–Kier alpha value is -1.67. The van der Waals surface area contributed by atoms with E-state index < -0.39 is 0 Å². The van der Waals surface area contributed by atoms with E-state index in [0.717, 1.165) is 49.8 Å². The average Bonchev–Trinajstić information content (AvgIpc) is 2.93. The van der Waals surface area contributed by atoms with E-state index in [1.165, 1.54) is 16.5 Å². The Balaban J connectivity index is 1.82. The molecule has 0 radical (unpaired) electrons. The first kappa shape index (κ1) is 12.1. The fraction of sp³-hybridized carbons (Fsp3) is 0.389. The number of Topliss-reactive ketones (excluding diaryl/α,β-unsaturated/α-hetero) is 1. The van der Waals surface area contributed by atoms with Crippen LogP contribution in [-0.2, 0) is 17.6 Å². The molecule has 0 amide bonds. The number of hydrogen-bond donors (Lipinski definition) is 0. The Morgan fingerprint density at radius 1 is 1.00 bits per heavy atom. The molecule has 4 rings (SSSR count). The van der Waals surface area contributed by atoms with Crippen molar-refractivity contribution in [3.05, 3.63) is 47.0 Å². The predicted octanol–water partition coefficient (Wildman–Crippen LogP) is 3.55. The number of carbonyl (C=O) groups is 1. The van der Waals surface area contributed by atoms with Gasteiger partial charge in [0.25, 0.3) is 0 Å². The average molecular weight is 266 g/mol. The van der Waals surface area contributed by atoms with Crippen LogP contribution in [0.3, 0.4) is 0 Å². The van der Waals surface area contributed by atoms with Crippen molar-refractivity contribution >= 4 is 16.6 Å². The Bertz CT molecular complexity index is 671. The molecule has 20 heavy (non-hydrogen) atoms. The smallest absolute Gasteiger partial charge is 0.166 e. The maximum atomic E-state index is 12.8. The van der Waals surface area contributed by atoms with Gasteiger partial charge in [0.1, 0.15) is 0 Å². The monoisotopic (exact) mass is 266 g/mol. The molecule has 1 fully saturated rings. The first-order chi connectivity index (χ1) is 9.84. The summed E-state index contributed by atoms with van der Waals surface area (Å²) in [6.07, 6.45) is 3.95. The van der Waals surface area contributed by atoms with Crippen molar-refractivity contribution in [2.24, 2.45) is 5.92 Å². The lowest BCUT2D eigenvalue weighted by Gasteiger charge is -2.21. The van der Waals surface area contributed by atoms with Crippen LogP contribution >= 0.6 is 0 Å². The van der Waals surface area contributed by atoms with Gasteiger partial charge in [-0.05, 0) is 47.6 Å². The minimum absolute atomic E-state index is 0.141. The second-order valence-corrected chi connectivity index (χ2v) is 5.86. The molecule has 0 spiro atoms. The minimum atomic E-state index is 0.141. The van der Waals surface area contributed by atoms with E-state index in [1.807, 2.05) is 6.07 Å². The lowest BCUT2D eigenvalue weighted by atomic mass is 9.88. The largest absolute Gasteiger partial charge is 0.381 e. The van der Waals surface area contributed by atoms with E-state index in [1.54, 1.807) is 0 Å². The molecule has 1 heterocycles. The number of rotatable bonds is 2. The van der Waals surface area contributed by atoms with Crippen LogP contribution in [0.1, 0.15) is 34.3 Å². The van der Waals surface area contributed by atoms with Gasteiger partial charge < -0.3 is 4.74 Å². The highest BCUT2D eigenvalue weighted by molar-refractivity contribution is 6.11. The highest BCUT2D eigenvalue weighted by atomic mass is 16.5. The van der Waals surface area contributed by atoms with Crippen LogP contribution in [0.4, 0.5) is 0 Å². The van der Waals surface area contributed by atoms with Gasteiger partial charge >= 0.3 is 0 Å². The summed E-state index contributed by atoms with van der Waals surface area (Å²) < 4.78 is 5.37. The van der Waals surface area contributed by atoms with Crippen molar-refractivity contribution in [1.82, 2.24) is 0 Å². The van der Waals surface area contributed by atoms with Crippen LogP contribution in [-0.4, -0.2) is 19.0 Å². The highest BCUT2D eigenvalue weighted by Gasteiger charge is 2.25. The number of aryl methyl sites for hydroxylation is 2. The number of carbonyl (C=O) groups excluding carboxylic acids is 1.